The van der Waals surface area contributed by atoms with E-state index in [0.29, 0.717) is 0 Å². The summed E-state index contributed by atoms with van der Waals surface area (Å²) in [5.41, 5.74) is 25.1. The van der Waals surface area contributed by atoms with Crippen LogP contribution in [0.5, 0.6) is 0 Å². The largest absolute Gasteiger partial charge is 2.00 e. The standard InChI is InChI=1S/C43H66N2.2C11H23.Ni/c1-9-14-19-20-21-22-27-42(38(32-45-44)25-17-12-4)43(39-28-33(6)35(8)34(7)29-39)40-30-36(23-15-10-2)41(26-18-13-5)37(31-40)24-16-11-3;2*1-3-5-7-9-11-10-8-6-4-2;/h28-31H,9-27H2,1-8H3;2*1,3-11H2,2H3;/q;2*-1;+2. The molecule has 0 atom stereocenters. The van der Waals surface area contributed by atoms with Crippen molar-refractivity contribution in [3.63, 3.8) is 0 Å². The van der Waals surface area contributed by atoms with Crippen molar-refractivity contribution in [2.45, 2.75) is 307 Å². The van der Waals surface area contributed by atoms with Crippen LogP contribution in [0, 0.1) is 34.6 Å². The van der Waals surface area contributed by atoms with E-state index in [1.807, 2.05) is 0 Å². The van der Waals surface area contributed by atoms with Gasteiger partial charge in [-0.15, -0.1) is 4.79 Å². The van der Waals surface area contributed by atoms with Gasteiger partial charge in [0.15, 0.2) is 0 Å². The summed E-state index contributed by atoms with van der Waals surface area (Å²) >= 11 is 0. The van der Waals surface area contributed by atoms with Crippen LogP contribution in [0.1, 0.15) is 311 Å². The number of unbranched alkanes of at least 4 members (excludes halogenated alkanes) is 25. The number of allylic oxidation sites excluding steroid dienone is 2. The van der Waals surface area contributed by atoms with Gasteiger partial charge >= 0.3 is 22.4 Å². The Balaban J connectivity index is 0. The van der Waals surface area contributed by atoms with E-state index in [1.54, 1.807) is 16.7 Å². The van der Waals surface area contributed by atoms with Gasteiger partial charge in [-0.1, -0.05) is 233 Å². The summed E-state index contributed by atoms with van der Waals surface area (Å²) in [5.74, 6) is 3.12. The average molecular weight is 980 g/mol. The Morgan fingerprint density at radius 2 is 0.794 bits per heavy atom. The predicted octanol–water partition coefficient (Wildman–Crippen LogP) is 21.9. The van der Waals surface area contributed by atoms with Crippen LogP contribution in [0.2, 0.25) is 0 Å². The van der Waals surface area contributed by atoms with Crippen molar-refractivity contribution in [1.29, 1.82) is 0 Å². The Hall–Kier alpha value is -2.17. The minimum absolute atomic E-state index is 0. The van der Waals surface area contributed by atoms with Gasteiger partial charge in [0.1, 0.15) is 0 Å². The Morgan fingerprint density at radius 1 is 0.441 bits per heavy atom. The van der Waals surface area contributed by atoms with E-state index in [-0.39, 0.29) is 16.5 Å². The van der Waals surface area contributed by atoms with E-state index in [9.17, 15) is 5.53 Å². The second-order valence-electron chi connectivity index (χ2n) is 20.1. The summed E-state index contributed by atoms with van der Waals surface area (Å²) in [7, 11) is 0. The van der Waals surface area contributed by atoms with E-state index in [0.717, 1.165) is 63.4 Å². The second-order valence-corrected chi connectivity index (χ2v) is 20.1. The third-order valence-corrected chi connectivity index (χ3v) is 13.9. The molecule has 2 nitrogen and oxygen atoms in total. The monoisotopic (exact) mass is 979 g/mol. The smallest absolute Gasteiger partial charge is 0.348 e. The van der Waals surface area contributed by atoms with Crippen molar-refractivity contribution >= 4 is 11.4 Å². The molecule has 0 bridgehead atoms. The molecule has 0 radical (unpaired) electrons. The van der Waals surface area contributed by atoms with Gasteiger partial charge < -0.3 is 19.4 Å². The van der Waals surface area contributed by atoms with Crippen molar-refractivity contribution < 1.29 is 21.3 Å². The maximum Gasteiger partial charge on any atom is 2.00 e. The minimum atomic E-state index is 0. The number of aryl methyl sites for hydroxylation is 4. The van der Waals surface area contributed by atoms with Crippen LogP contribution in [-0.2, 0) is 35.8 Å². The Kier molecular flexibility index (Phi) is 48.4. The number of benzene rings is 2. The normalized spacial score (nSPS) is 11.1. The molecule has 2 rings (SSSR count). The first-order chi connectivity index (χ1) is 32.7. The molecule has 0 aliphatic carbocycles. The summed E-state index contributed by atoms with van der Waals surface area (Å²) in [6, 6.07) is 9.94. The van der Waals surface area contributed by atoms with Crippen molar-refractivity contribution in [3.8, 4) is 0 Å². The summed E-state index contributed by atoms with van der Waals surface area (Å²) in [6.45, 7) is 30.4. The van der Waals surface area contributed by atoms with Gasteiger partial charge in [0.2, 0.25) is 0 Å². The van der Waals surface area contributed by atoms with Crippen LogP contribution in [0.4, 0.5) is 0 Å². The van der Waals surface area contributed by atoms with Crippen LogP contribution in [-0.4, -0.2) is 10.7 Å². The van der Waals surface area contributed by atoms with E-state index in [1.165, 1.54) is 219 Å². The van der Waals surface area contributed by atoms with Crippen LogP contribution < -0.4 is 0 Å². The topological polar surface area (TPSA) is 36.4 Å². The minimum Gasteiger partial charge on any atom is -0.348 e. The van der Waals surface area contributed by atoms with Crippen LogP contribution in [0.25, 0.3) is 11.1 Å². The predicted molar refractivity (Wildman–Crippen MR) is 304 cm³/mol. The number of hydrogen-bond acceptors (Lipinski definition) is 0. The molecule has 0 spiro atoms. The van der Waals surface area contributed by atoms with E-state index < -0.39 is 0 Å². The zero-order valence-corrected chi connectivity index (χ0v) is 48.1. The van der Waals surface area contributed by atoms with Gasteiger partial charge in [0, 0.05) is 0 Å². The molecule has 0 aliphatic heterocycles. The van der Waals surface area contributed by atoms with Crippen molar-refractivity contribution in [1.82, 2.24) is 0 Å². The number of rotatable bonds is 38. The molecular formula is C65H112N2Ni. The first-order valence-corrected chi connectivity index (χ1v) is 29.2. The summed E-state index contributed by atoms with van der Waals surface area (Å²) < 4.78 is 0. The van der Waals surface area contributed by atoms with E-state index >= 15 is 0 Å². The Morgan fingerprint density at radius 3 is 1.18 bits per heavy atom. The number of nitrogens with zero attached hydrogens (tertiary/aromatic N) is 2. The van der Waals surface area contributed by atoms with E-state index in [2.05, 4.69) is 118 Å². The Labute approximate surface area is 436 Å². The molecule has 2 aromatic carbocycles. The molecular weight excluding hydrogens is 867 g/mol. The van der Waals surface area contributed by atoms with Gasteiger partial charge in [-0.3, -0.25) is 0 Å². The van der Waals surface area contributed by atoms with Gasteiger partial charge in [-0.05, 0) is 141 Å². The van der Waals surface area contributed by atoms with Gasteiger partial charge in [0.25, 0.3) is 0 Å². The summed E-state index contributed by atoms with van der Waals surface area (Å²) in [5, 5.41) is 0. The van der Waals surface area contributed by atoms with Gasteiger partial charge in [0.05, 0.1) is 5.57 Å². The summed E-state index contributed by atoms with van der Waals surface area (Å²) in [6.07, 6.45) is 47.2. The molecule has 2 aromatic rings. The maximum absolute atomic E-state index is 9.87. The van der Waals surface area contributed by atoms with Crippen molar-refractivity contribution in [2.24, 2.45) is 0 Å². The molecule has 68 heavy (non-hydrogen) atoms. The van der Waals surface area contributed by atoms with Crippen molar-refractivity contribution in [2.75, 3.05) is 0 Å². The second kappa shape index (κ2) is 48.5. The SMILES string of the molecule is CCCCCCCCC(C(=C=[N+]=[N-])CCCC)=C(c1cc(C)c(C)c(C)c1)c1cc(CCCC)c(CCCC)c(CCCC)c1.[CH2-]CCCCCCCCCC.[CH2-]CCCCCCCCCC.[Ni+2]. The third kappa shape index (κ3) is 31.9. The molecule has 0 fully saturated rings. The summed E-state index contributed by atoms with van der Waals surface area (Å²) in [4.78, 5) is 3.54. The van der Waals surface area contributed by atoms with Crippen LogP contribution >= 0.6 is 0 Å². The van der Waals surface area contributed by atoms with Crippen LogP contribution in [0.3, 0.4) is 0 Å². The zero-order chi connectivity index (χ0) is 49.8. The zero-order valence-electron chi connectivity index (χ0n) is 47.1. The molecule has 0 aliphatic rings. The molecule has 3 heteroatoms. The first-order valence-electron chi connectivity index (χ1n) is 29.2. The fourth-order valence-electron chi connectivity index (χ4n) is 9.31. The molecule has 0 N–H and O–H groups in total. The van der Waals surface area contributed by atoms with Gasteiger partial charge in [-0.2, -0.15) is 12.8 Å². The molecule has 0 saturated heterocycles. The number of hydrogen-bond donors (Lipinski definition) is 0. The fraction of sp³-hybridized carbons (Fsp3) is 0.723. The molecule has 392 valence electrons. The average Bonchev–Trinajstić information content (AvgIpc) is 3.33. The molecule has 0 unspecified atom stereocenters. The molecule has 0 heterocycles. The third-order valence-electron chi connectivity index (χ3n) is 13.9. The molecule has 0 aromatic heterocycles. The molecule has 0 saturated carbocycles. The molecule has 0 amide bonds. The Bertz CT molecular complexity index is 1520. The fourth-order valence-corrected chi connectivity index (χ4v) is 9.31. The first kappa shape index (κ1) is 67.9. The van der Waals surface area contributed by atoms with Crippen LogP contribution in [0.15, 0.2) is 35.4 Å². The van der Waals surface area contributed by atoms with E-state index in [4.69, 9.17) is 0 Å². The quantitative estimate of drug-likeness (QED) is 0.0122. The van der Waals surface area contributed by atoms with Gasteiger partial charge in [-0.25, -0.2) is 0 Å². The maximum atomic E-state index is 9.87. The van der Waals surface area contributed by atoms with Crippen molar-refractivity contribution in [3.05, 3.63) is 99.3 Å².